The molecule has 0 atom stereocenters. The molecule has 288 valence electrons. The van der Waals surface area contributed by atoms with Crippen molar-refractivity contribution in [2.45, 2.75) is 0 Å². The monoisotopic (exact) mass is 788 g/mol. The SMILES string of the molecule is c1cncc(-c2ccc(-c3nc(-c4cc(-c5cccc6cc7ccccc7cc56)cc(-c5cccc6cc7ccccc7cc56)c4)nc(-c4ccc5ccccc5c4)n3)cc2)c1. The van der Waals surface area contributed by atoms with E-state index in [4.69, 9.17) is 15.0 Å². The van der Waals surface area contributed by atoms with E-state index in [1.54, 1.807) is 6.20 Å². The van der Waals surface area contributed by atoms with E-state index >= 15 is 0 Å². The summed E-state index contributed by atoms with van der Waals surface area (Å²) in [6.45, 7) is 0. The maximum absolute atomic E-state index is 5.32. The van der Waals surface area contributed by atoms with Crippen molar-refractivity contribution in [3.8, 4) is 67.5 Å². The Morgan fingerprint density at radius 3 is 1.26 bits per heavy atom. The Bertz CT molecular complexity index is 3550. The molecule has 12 rings (SSSR count). The van der Waals surface area contributed by atoms with Gasteiger partial charge in [0.25, 0.3) is 0 Å². The molecule has 0 amide bonds. The molecule has 2 heterocycles. The second kappa shape index (κ2) is 14.7. The number of nitrogens with zero attached hydrogens (tertiary/aromatic N) is 4. The molecule has 0 aliphatic carbocycles. The Morgan fingerprint density at radius 2 is 0.694 bits per heavy atom. The van der Waals surface area contributed by atoms with E-state index in [0.29, 0.717) is 17.5 Å². The van der Waals surface area contributed by atoms with Gasteiger partial charge in [-0.2, -0.15) is 0 Å². The molecule has 0 saturated carbocycles. The predicted octanol–water partition coefficient (Wildman–Crippen LogP) is 15.0. The topological polar surface area (TPSA) is 51.6 Å². The largest absolute Gasteiger partial charge is 0.264 e. The molecule has 62 heavy (non-hydrogen) atoms. The number of hydrogen-bond acceptors (Lipinski definition) is 4. The highest BCUT2D eigenvalue weighted by atomic mass is 15.0. The molecule has 0 fully saturated rings. The zero-order valence-corrected chi connectivity index (χ0v) is 33.6. The van der Waals surface area contributed by atoms with E-state index in [0.717, 1.165) is 55.5 Å². The van der Waals surface area contributed by atoms with Crippen molar-refractivity contribution in [1.82, 2.24) is 19.9 Å². The number of fused-ring (bicyclic) bond motifs is 5. The molecule has 4 heteroatoms. The summed E-state index contributed by atoms with van der Waals surface area (Å²) in [6, 6.07) is 73.7. The van der Waals surface area contributed by atoms with Crippen LogP contribution in [0.5, 0.6) is 0 Å². The fourth-order valence-corrected chi connectivity index (χ4v) is 8.94. The summed E-state index contributed by atoms with van der Waals surface area (Å²) in [5.41, 5.74) is 9.35. The Balaban J connectivity index is 1.10. The maximum atomic E-state index is 5.32. The van der Waals surface area contributed by atoms with Crippen LogP contribution in [0, 0.1) is 0 Å². The van der Waals surface area contributed by atoms with Gasteiger partial charge in [-0.1, -0.05) is 152 Å². The molecule has 0 aliphatic rings. The molecule has 0 saturated heterocycles. The summed E-state index contributed by atoms with van der Waals surface area (Å²) in [5, 5.41) is 11.9. The molecule has 10 aromatic carbocycles. The second-order valence-electron chi connectivity index (χ2n) is 15.9. The van der Waals surface area contributed by atoms with Crippen LogP contribution >= 0.6 is 0 Å². The third kappa shape index (κ3) is 6.42. The van der Waals surface area contributed by atoms with Crippen LogP contribution in [0.2, 0.25) is 0 Å². The van der Waals surface area contributed by atoms with E-state index in [1.165, 1.54) is 48.5 Å². The van der Waals surface area contributed by atoms with Gasteiger partial charge in [-0.15, -0.1) is 0 Å². The number of hydrogen-bond donors (Lipinski definition) is 0. The molecule has 0 unspecified atom stereocenters. The van der Waals surface area contributed by atoms with E-state index in [-0.39, 0.29) is 0 Å². The first-order valence-electron chi connectivity index (χ1n) is 20.9. The molecule has 0 radical (unpaired) electrons. The van der Waals surface area contributed by atoms with Gasteiger partial charge < -0.3 is 0 Å². The number of benzene rings is 10. The quantitative estimate of drug-likeness (QED) is 0.158. The number of rotatable bonds is 6. The Hall–Kier alpha value is -8.34. The minimum Gasteiger partial charge on any atom is -0.264 e. The minimum atomic E-state index is 0.606. The van der Waals surface area contributed by atoms with Crippen LogP contribution in [0.15, 0.2) is 219 Å². The zero-order valence-electron chi connectivity index (χ0n) is 33.6. The average Bonchev–Trinajstić information content (AvgIpc) is 3.34. The van der Waals surface area contributed by atoms with Gasteiger partial charge in [0.15, 0.2) is 17.5 Å². The van der Waals surface area contributed by atoms with Crippen LogP contribution in [0.4, 0.5) is 0 Å². The van der Waals surface area contributed by atoms with Crippen LogP contribution in [0.25, 0.3) is 121 Å². The molecule has 2 aromatic heterocycles. The lowest BCUT2D eigenvalue weighted by Gasteiger charge is -2.15. The van der Waals surface area contributed by atoms with Crippen molar-refractivity contribution >= 4 is 53.9 Å². The third-order valence-corrected chi connectivity index (χ3v) is 12.1. The van der Waals surface area contributed by atoms with E-state index in [9.17, 15) is 0 Å². The van der Waals surface area contributed by atoms with Crippen LogP contribution in [-0.4, -0.2) is 19.9 Å². The van der Waals surface area contributed by atoms with Gasteiger partial charge in [-0.25, -0.2) is 15.0 Å². The molecule has 0 N–H and O–H groups in total. The lowest BCUT2D eigenvalue weighted by molar-refractivity contribution is 1.07. The standard InChI is InChI=1S/C58H36N4/c1-2-11-40-30-47(26-23-37(40)10-1)57-60-56(39-24-21-38(22-25-39)48-18-9-27-59-36-48)61-58(62-57)51-32-49(52-19-7-16-45-28-41-12-3-5-14-43(41)34-54(45)52)31-50(33-51)53-20-8-17-46-29-42-13-4-6-15-44(42)35-55(46)53/h1-36H. The normalized spacial score (nSPS) is 11.5. The van der Waals surface area contributed by atoms with Gasteiger partial charge in [0.1, 0.15) is 0 Å². The smallest absolute Gasteiger partial charge is 0.164 e. The first kappa shape index (κ1) is 35.6. The van der Waals surface area contributed by atoms with Crippen molar-refractivity contribution < 1.29 is 0 Å². The first-order valence-corrected chi connectivity index (χ1v) is 20.9. The summed E-state index contributed by atoms with van der Waals surface area (Å²) in [6.07, 6.45) is 3.68. The Morgan fingerprint density at radius 1 is 0.242 bits per heavy atom. The van der Waals surface area contributed by atoms with Crippen molar-refractivity contribution in [2.24, 2.45) is 0 Å². The number of aromatic nitrogens is 4. The van der Waals surface area contributed by atoms with Crippen molar-refractivity contribution in [2.75, 3.05) is 0 Å². The maximum Gasteiger partial charge on any atom is 0.164 e. The first-order chi connectivity index (χ1) is 30.7. The van der Waals surface area contributed by atoms with Gasteiger partial charge in [0, 0.05) is 29.1 Å². The summed E-state index contributed by atoms with van der Waals surface area (Å²) >= 11 is 0. The van der Waals surface area contributed by atoms with Gasteiger partial charge in [-0.3, -0.25) is 4.98 Å². The lowest BCUT2D eigenvalue weighted by atomic mass is 9.90. The van der Waals surface area contributed by atoms with Crippen molar-refractivity contribution in [3.05, 3.63) is 219 Å². The van der Waals surface area contributed by atoms with Gasteiger partial charge in [0.05, 0.1) is 0 Å². The second-order valence-corrected chi connectivity index (χ2v) is 15.9. The van der Waals surface area contributed by atoms with Crippen LogP contribution in [0.3, 0.4) is 0 Å². The fraction of sp³-hybridized carbons (Fsp3) is 0. The minimum absolute atomic E-state index is 0.606. The van der Waals surface area contributed by atoms with Crippen LogP contribution in [-0.2, 0) is 0 Å². The lowest BCUT2D eigenvalue weighted by Crippen LogP contribution is -2.01. The Kier molecular flexibility index (Phi) is 8.46. The van der Waals surface area contributed by atoms with Gasteiger partial charge in [-0.05, 0) is 142 Å². The molecule has 0 aliphatic heterocycles. The van der Waals surface area contributed by atoms with Crippen molar-refractivity contribution in [1.29, 1.82) is 0 Å². The summed E-state index contributed by atoms with van der Waals surface area (Å²) in [5.74, 6) is 1.83. The highest BCUT2D eigenvalue weighted by Crippen LogP contribution is 2.40. The summed E-state index contributed by atoms with van der Waals surface area (Å²) < 4.78 is 0. The van der Waals surface area contributed by atoms with Crippen molar-refractivity contribution in [3.63, 3.8) is 0 Å². The number of pyridine rings is 1. The van der Waals surface area contributed by atoms with E-state index < -0.39 is 0 Å². The molecular weight excluding hydrogens is 753 g/mol. The van der Waals surface area contributed by atoms with Crippen LogP contribution in [0.1, 0.15) is 0 Å². The summed E-state index contributed by atoms with van der Waals surface area (Å²) in [7, 11) is 0. The van der Waals surface area contributed by atoms with Gasteiger partial charge in [0.2, 0.25) is 0 Å². The van der Waals surface area contributed by atoms with Gasteiger partial charge >= 0.3 is 0 Å². The summed E-state index contributed by atoms with van der Waals surface area (Å²) in [4.78, 5) is 20.1. The predicted molar refractivity (Wildman–Crippen MR) is 258 cm³/mol. The molecule has 0 spiro atoms. The highest BCUT2D eigenvalue weighted by Gasteiger charge is 2.18. The Labute approximate surface area is 358 Å². The van der Waals surface area contributed by atoms with E-state index in [1.807, 2.05) is 12.3 Å². The fourth-order valence-electron chi connectivity index (χ4n) is 8.94. The third-order valence-electron chi connectivity index (χ3n) is 12.1. The molecule has 4 nitrogen and oxygen atoms in total. The molecular formula is C58H36N4. The average molecular weight is 789 g/mol. The molecule has 0 bridgehead atoms. The molecule has 12 aromatic rings. The van der Waals surface area contributed by atoms with E-state index in [2.05, 4.69) is 205 Å². The zero-order chi connectivity index (χ0) is 41.0. The highest BCUT2D eigenvalue weighted by molar-refractivity contribution is 6.08. The van der Waals surface area contributed by atoms with Crippen LogP contribution < -0.4 is 0 Å².